The summed E-state index contributed by atoms with van der Waals surface area (Å²) in [5, 5.41) is 8.97. The van der Waals surface area contributed by atoms with Gasteiger partial charge in [-0.15, -0.1) is 0 Å². The van der Waals surface area contributed by atoms with E-state index in [0.29, 0.717) is 12.0 Å². The van der Waals surface area contributed by atoms with Crippen LogP contribution in [0.1, 0.15) is 13.3 Å². The van der Waals surface area contributed by atoms with Gasteiger partial charge in [0.25, 0.3) is 0 Å². The van der Waals surface area contributed by atoms with Gasteiger partial charge in [0.2, 0.25) is 6.29 Å². The Labute approximate surface area is 63.2 Å². The Balaban J connectivity index is 2.90. The van der Waals surface area contributed by atoms with Crippen LogP contribution in [0, 0.1) is 0 Å². The van der Waals surface area contributed by atoms with Crippen LogP contribution in [-0.2, 0) is 9.53 Å². The topological polar surface area (TPSA) is 46.5 Å². The van der Waals surface area contributed by atoms with Crippen molar-refractivity contribution in [2.24, 2.45) is 0 Å². The van der Waals surface area contributed by atoms with E-state index in [1.165, 1.54) is 0 Å². The van der Waals surface area contributed by atoms with Gasteiger partial charge in [-0.05, 0) is 6.42 Å². The molecule has 3 nitrogen and oxygen atoms in total. The van der Waals surface area contributed by atoms with E-state index in [1.54, 1.807) is 6.92 Å². The van der Waals surface area contributed by atoms with Crippen LogP contribution in [0.5, 0.6) is 0 Å². The highest BCUT2D eigenvalue weighted by atomic mass is 35.5. The van der Waals surface area contributed by atoms with Gasteiger partial charge in [-0.3, -0.25) is 0 Å². The molecule has 1 aliphatic heterocycles. The molecule has 1 N–H and O–H groups in total. The number of esters is 1. The van der Waals surface area contributed by atoms with Crippen molar-refractivity contribution < 1.29 is 14.6 Å². The summed E-state index contributed by atoms with van der Waals surface area (Å²) in [6.45, 7) is 1.79. The number of rotatable bonds is 1. The monoisotopic (exact) mass is 162 g/mol. The van der Waals surface area contributed by atoms with Crippen LogP contribution < -0.4 is 0 Å². The second-order valence-electron chi connectivity index (χ2n) is 1.95. The number of cyclic esters (lactones) is 1. The van der Waals surface area contributed by atoms with E-state index < -0.39 is 12.3 Å². The van der Waals surface area contributed by atoms with Crippen molar-refractivity contribution in [2.45, 2.75) is 19.6 Å². The minimum absolute atomic E-state index is 0.0231. The molecule has 0 saturated carbocycles. The number of hydrogen-bond donors (Lipinski definition) is 1. The number of ether oxygens (including phenoxy) is 1. The van der Waals surface area contributed by atoms with E-state index in [2.05, 4.69) is 4.74 Å². The molecule has 1 rings (SSSR count). The standard InChI is InChI=1S/C6H7ClO3/c1-2-3-4(7)6(9)10-5(3)8/h5,8H,2H2,1H3. The van der Waals surface area contributed by atoms with E-state index in [1.807, 2.05) is 0 Å². The summed E-state index contributed by atoms with van der Waals surface area (Å²) in [6, 6.07) is 0. The largest absolute Gasteiger partial charge is 0.428 e. The van der Waals surface area contributed by atoms with Gasteiger partial charge in [-0.2, -0.15) is 0 Å². The lowest BCUT2D eigenvalue weighted by Gasteiger charge is -2.02. The van der Waals surface area contributed by atoms with Crippen molar-refractivity contribution in [3.8, 4) is 0 Å². The fraction of sp³-hybridized carbons (Fsp3) is 0.500. The summed E-state index contributed by atoms with van der Waals surface area (Å²) in [5.74, 6) is -0.633. The second-order valence-corrected chi connectivity index (χ2v) is 2.33. The zero-order chi connectivity index (χ0) is 7.72. The average molecular weight is 163 g/mol. The number of carbonyl (C=O) groups is 1. The van der Waals surface area contributed by atoms with Gasteiger partial charge in [-0.1, -0.05) is 18.5 Å². The maximum absolute atomic E-state index is 10.6. The summed E-state index contributed by atoms with van der Waals surface area (Å²) in [6.07, 6.45) is -0.587. The first-order valence-electron chi connectivity index (χ1n) is 2.94. The average Bonchev–Trinajstić information content (AvgIpc) is 2.09. The third-order valence-corrected chi connectivity index (χ3v) is 1.76. The number of halogens is 1. The van der Waals surface area contributed by atoms with Crippen molar-refractivity contribution in [3.63, 3.8) is 0 Å². The molecule has 0 amide bonds. The van der Waals surface area contributed by atoms with Gasteiger partial charge in [0.05, 0.1) is 0 Å². The second kappa shape index (κ2) is 2.60. The summed E-state index contributed by atoms with van der Waals surface area (Å²) in [5.41, 5.74) is 0.465. The van der Waals surface area contributed by atoms with E-state index in [-0.39, 0.29) is 5.03 Å². The van der Waals surface area contributed by atoms with Gasteiger partial charge in [0.15, 0.2) is 0 Å². The van der Waals surface area contributed by atoms with Gasteiger partial charge in [0, 0.05) is 5.57 Å². The highest BCUT2D eigenvalue weighted by Gasteiger charge is 2.29. The van der Waals surface area contributed by atoms with Crippen molar-refractivity contribution in [1.29, 1.82) is 0 Å². The minimum Gasteiger partial charge on any atom is -0.428 e. The summed E-state index contributed by atoms with van der Waals surface area (Å²) < 4.78 is 4.39. The molecule has 1 atom stereocenters. The molecular formula is C6H7ClO3. The third-order valence-electron chi connectivity index (χ3n) is 1.36. The Morgan fingerprint density at radius 2 is 2.40 bits per heavy atom. The fourth-order valence-electron chi connectivity index (χ4n) is 0.794. The predicted molar refractivity (Wildman–Crippen MR) is 35.3 cm³/mol. The number of aliphatic hydroxyl groups excluding tert-OH is 1. The van der Waals surface area contributed by atoms with Crippen LogP contribution in [0.2, 0.25) is 0 Å². The number of aliphatic hydroxyl groups is 1. The van der Waals surface area contributed by atoms with Gasteiger partial charge < -0.3 is 9.84 Å². The fourth-order valence-corrected chi connectivity index (χ4v) is 1.07. The van der Waals surface area contributed by atoms with Crippen molar-refractivity contribution in [2.75, 3.05) is 0 Å². The molecule has 56 valence electrons. The number of hydrogen-bond acceptors (Lipinski definition) is 3. The van der Waals surface area contributed by atoms with Crippen molar-refractivity contribution >= 4 is 17.6 Å². The maximum Gasteiger partial charge on any atom is 0.352 e. The molecule has 0 bridgehead atoms. The molecule has 0 saturated heterocycles. The lowest BCUT2D eigenvalue weighted by atomic mass is 10.2. The lowest BCUT2D eigenvalue weighted by Crippen LogP contribution is -2.09. The molecule has 1 heterocycles. The molecule has 0 aromatic heterocycles. The van der Waals surface area contributed by atoms with Crippen LogP contribution >= 0.6 is 11.6 Å². The molecule has 0 aromatic carbocycles. The molecule has 1 unspecified atom stereocenters. The zero-order valence-corrected chi connectivity index (χ0v) is 6.18. The zero-order valence-electron chi connectivity index (χ0n) is 5.43. The van der Waals surface area contributed by atoms with Gasteiger partial charge >= 0.3 is 5.97 Å². The van der Waals surface area contributed by atoms with Crippen LogP contribution in [-0.4, -0.2) is 17.4 Å². The Hall–Kier alpha value is -0.540. The number of carbonyl (C=O) groups excluding carboxylic acids is 1. The van der Waals surface area contributed by atoms with Crippen LogP contribution in [0.4, 0.5) is 0 Å². The summed E-state index contributed by atoms with van der Waals surface area (Å²) in [4.78, 5) is 10.6. The third kappa shape index (κ3) is 1.02. The normalized spacial score (nSPS) is 25.5. The van der Waals surface area contributed by atoms with Crippen LogP contribution in [0.3, 0.4) is 0 Å². The Morgan fingerprint density at radius 1 is 1.80 bits per heavy atom. The van der Waals surface area contributed by atoms with E-state index in [4.69, 9.17) is 16.7 Å². The minimum atomic E-state index is -1.12. The first-order valence-corrected chi connectivity index (χ1v) is 3.32. The molecule has 0 spiro atoms. The van der Waals surface area contributed by atoms with E-state index in [9.17, 15) is 4.79 Å². The van der Waals surface area contributed by atoms with E-state index in [0.717, 1.165) is 0 Å². The lowest BCUT2D eigenvalue weighted by molar-refractivity contribution is -0.151. The molecular weight excluding hydrogens is 156 g/mol. The Kier molecular flexibility index (Phi) is 1.97. The van der Waals surface area contributed by atoms with Gasteiger partial charge in [0.1, 0.15) is 5.03 Å². The molecule has 1 aliphatic rings. The molecule has 0 radical (unpaired) electrons. The Morgan fingerprint density at radius 3 is 2.60 bits per heavy atom. The quantitative estimate of drug-likeness (QED) is 0.580. The van der Waals surface area contributed by atoms with Crippen LogP contribution in [0.25, 0.3) is 0 Å². The maximum atomic E-state index is 10.6. The first-order chi connectivity index (χ1) is 4.66. The highest BCUT2D eigenvalue weighted by molar-refractivity contribution is 6.42. The van der Waals surface area contributed by atoms with Crippen molar-refractivity contribution in [1.82, 2.24) is 0 Å². The first kappa shape index (κ1) is 7.57. The van der Waals surface area contributed by atoms with Crippen molar-refractivity contribution in [3.05, 3.63) is 10.6 Å². The highest BCUT2D eigenvalue weighted by Crippen LogP contribution is 2.25. The molecule has 0 fully saturated rings. The molecule has 10 heavy (non-hydrogen) atoms. The molecule has 0 aromatic rings. The summed E-state index contributed by atoms with van der Waals surface area (Å²) >= 11 is 5.47. The smallest absolute Gasteiger partial charge is 0.352 e. The summed E-state index contributed by atoms with van der Waals surface area (Å²) in [7, 11) is 0. The van der Waals surface area contributed by atoms with Gasteiger partial charge in [-0.25, -0.2) is 4.79 Å². The molecule has 0 aliphatic carbocycles. The predicted octanol–water partition coefficient (Wildman–Crippen LogP) is 0.764. The molecule has 4 heteroatoms. The van der Waals surface area contributed by atoms with E-state index >= 15 is 0 Å². The Bertz CT molecular complexity index is 197. The van der Waals surface area contributed by atoms with Crippen LogP contribution in [0.15, 0.2) is 10.6 Å². The SMILES string of the molecule is CCC1=C(Cl)C(=O)OC1O.